The number of nitrogens with one attached hydrogen (secondary N) is 1. The topological polar surface area (TPSA) is 46.2 Å². The molecule has 2 aromatic rings. The lowest BCUT2D eigenvalue weighted by Crippen LogP contribution is -2.15. The lowest BCUT2D eigenvalue weighted by molar-refractivity contribution is -0.137. The van der Waals surface area contributed by atoms with Crippen LogP contribution in [-0.4, -0.2) is 8.42 Å². The van der Waals surface area contributed by atoms with Gasteiger partial charge in [-0.3, -0.25) is 4.72 Å². The second-order valence-electron chi connectivity index (χ2n) is 4.44. The molecule has 0 aliphatic rings. The molecule has 23 heavy (non-hydrogen) atoms. The maximum Gasteiger partial charge on any atom is 0.416 e. The van der Waals surface area contributed by atoms with Crippen LogP contribution >= 0.6 is 15.9 Å². The number of rotatable bonds is 3. The van der Waals surface area contributed by atoms with Gasteiger partial charge in [0.2, 0.25) is 0 Å². The van der Waals surface area contributed by atoms with E-state index in [0.717, 1.165) is 6.07 Å². The molecule has 2 aromatic carbocycles. The largest absolute Gasteiger partial charge is 0.416 e. The van der Waals surface area contributed by atoms with Crippen LogP contribution in [0.2, 0.25) is 0 Å². The second kappa shape index (κ2) is 6.08. The van der Waals surface area contributed by atoms with Gasteiger partial charge in [0.1, 0.15) is 11.6 Å². The summed E-state index contributed by atoms with van der Waals surface area (Å²) in [6.45, 7) is 0. The predicted molar refractivity (Wildman–Crippen MR) is 76.3 cm³/mol. The molecule has 124 valence electrons. The first-order valence-corrected chi connectivity index (χ1v) is 8.12. The van der Waals surface area contributed by atoms with Crippen molar-refractivity contribution >= 4 is 31.6 Å². The maximum atomic E-state index is 13.1. The van der Waals surface area contributed by atoms with Crippen molar-refractivity contribution in [3.63, 3.8) is 0 Å². The Kier molecular flexibility index (Phi) is 4.67. The van der Waals surface area contributed by atoms with Crippen molar-refractivity contribution in [2.75, 3.05) is 4.72 Å². The lowest BCUT2D eigenvalue weighted by atomic mass is 10.2. The second-order valence-corrected chi connectivity index (χ2v) is 7.04. The van der Waals surface area contributed by atoms with Crippen molar-refractivity contribution < 1.29 is 30.4 Å². The van der Waals surface area contributed by atoms with Crippen LogP contribution in [0.5, 0.6) is 0 Å². The first kappa shape index (κ1) is 17.7. The van der Waals surface area contributed by atoms with Crippen LogP contribution in [0.4, 0.5) is 27.6 Å². The summed E-state index contributed by atoms with van der Waals surface area (Å²) >= 11 is 2.79. The first-order chi connectivity index (χ1) is 10.5. The molecular formula is C13H7BrF5NO2S. The van der Waals surface area contributed by atoms with Crippen molar-refractivity contribution in [3.05, 3.63) is 58.1 Å². The molecule has 0 unspecified atom stereocenters. The summed E-state index contributed by atoms with van der Waals surface area (Å²) in [6.07, 6.45) is -4.75. The van der Waals surface area contributed by atoms with Gasteiger partial charge < -0.3 is 0 Å². The molecule has 0 amide bonds. The summed E-state index contributed by atoms with van der Waals surface area (Å²) in [4.78, 5) is -0.705. The summed E-state index contributed by atoms with van der Waals surface area (Å²) < 4.78 is 90.3. The van der Waals surface area contributed by atoms with Gasteiger partial charge in [-0.15, -0.1) is 0 Å². The summed E-state index contributed by atoms with van der Waals surface area (Å²) in [5.41, 5.74) is -1.63. The van der Waals surface area contributed by atoms with E-state index in [-0.39, 0.29) is 4.47 Å². The number of anilines is 1. The van der Waals surface area contributed by atoms with E-state index in [4.69, 9.17) is 0 Å². The molecule has 0 aliphatic heterocycles. The van der Waals surface area contributed by atoms with E-state index < -0.39 is 44.0 Å². The molecule has 1 N–H and O–H groups in total. The maximum absolute atomic E-state index is 13.1. The van der Waals surface area contributed by atoms with E-state index in [0.29, 0.717) is 30.3 Å². The zero-order valence-corrected chi connectivity index (χ0v) is 13.4. The van der Waals surface area contributed by atoms with Crippen molar-refractivity contribution in [2.45, 2.75) is 11.1 Å². The lowest BCUT2D eigenvalue weighted by Gasteiger charge is -2.12. The number of sulfonamides is 1. The molecule has 0 heterocycles. The average molecular weight is 416 g/mol. The zero-order valence-electron chi connectivity index (χ0n) is 11.0. The van der Waals surface area contributed by atoms with E-state index in [1.165, 1.54) is 0 Å². The molecule has 3 nitrogen and oxygen atoms in total. The predicted octanol–water partition coefficient (Wildman–Crippen LogP) is 4.55. The molecule has 0 aromatic heterocycles. The minimum Gasteiger partial charge on any atom is -0.279 e. The Morgan fingerprint density at radius 3 is 2.00 bits per heavy atom. The standard InChI is InChI=1S/C13H7BrF5NO2S/c14-8-1-7(13(17,18)19)2-12(3-8)23(21,22)20-11-5-9(15)4-10(16)6-11/h1-6,20H. The molecule has 0 atom stereocenters. The van der Waals surface area contributed by atoms with Gasteiger partial charge in [-0.2, -0.15) is 13.2 Å². The van der Waals surface area contributed by atoms with Crippen LogP contribution in [0.3, 0.4) is 0 Å². The average Bonchev–Trinajstić information content (AvgIpc) is 2.34. The number of alkyl halides is 3. The third-order valence-electron chi connectivity index (χ3n) is 2.62. The van der Waals surface area contributed by atoms with Crippen LogP contribution in [0.25, 0.3) is 0 Å². The monoisotopic (exact) mass is 415 g/mol. The van der Waals surface area contributed by atoms with Gasteiger partial charge in [-0.05, 0) is 30.3 Å². The van der Waals surface area contributed by atoms with Crippen molar-refractivity contribution in [3.8, 4) is 0 Å². The molecule has 2 rings (SSSR count). The zero-order chi connectivity index (χ0) is 17.4. The SMILES string of the molecule is O=S(=O)(Nc1cc(F)cc(F)c1)c1cc(Br)cc(C(F)(F)F)c1. The fourth-order valence-electron chi connectivity index (χ4n) is 1.71. The molecule has 0 radical (unpaired) electrons. The van der Waals surface area contributed by atoms with E-state index in [2.05, 4.69) is 15.9 Å². The fourth-order valence-corrected chi connectivity index (χ4v) is 3.46. The van der Waals surface area contributed by atoms with Gasteiger partial charge in [-0.25, -0.2) is 17.2 Å². The Bertz CT molecular complexity index is 832. The fraction of sp³-hybridized carbons (Fsp3) is 0.0769. The molecule has 0 saturated heterocycles. The van der Waals surface area contributed by atoms with Gasteiger partial charge in [0.25, 0.3) is 10.0 Å². The highest BCUT2D eigenvalue weighted by atomic mass is 79.9. The number of hydrogen-bond donors (Lipinski definition) is 1. The van der Waals surface area contributed by atoms with Gasteiger partial charge >= 0.3 is 6.18 Å². The number of halogens is 6. The van der Waals surface area contributed by atoms with Gasteiger partial charge in [-0.1, -0.05) is 15.9 Å². The third kappa shape index (κ3) is 4.41. The quantitative estimate of drug-likeness (QED) is 0.747. The Hall–Kier alpha value is -1.68. The highest BCUT2D eigenvalue weighted by Gasteiger charge is 2.32. The van der Waals surface area contributed by atoms with Crippen LogP contribution in [0, 0.1) is 11.6 Å². The van der Waals surface area contributed by atoms with Crippen LogP contribution in [0.1, 0.15) is 5.56 Å². The van der Waals surface area contributed by atoms with Crippen molar-refractivity contribution in [1.29, 1.82) is 0 Å². The van der Waals surface area contributed by atoms with E-state index in [1.54, 1.807) is 0 Å². The summed E-state index contributed by atoms with van der Waals surface area (Å²) in [6, 6.07) is 3.99. The Morgan fingerprint density at radius 1 is 0.913 bits per heavy atom. The summed E-state index contributed by atoms with van der Waals surface area (Å²) in [7, 11) is -4.47. The highest BCUT2D eigenvalue weighted by Crippen LogP contribution is 2.33. The summed E-state index contributed by atoms with van der Waals surface area (Å²) in [5, 5.41) is 0. The molecule has 0 spiro atoms. The summed E-state index contributed by atoms with van der Waals surface area (Å²) in [5.74, 6) is -2.07. The molecule has 0 saturated carbocycles. The Morgan fingerprint density at radius 2 is 1.48 bits per heavy atom. The van der Waals surface area contributed by atoms with Crippen molar-refractivity contribution in [2.24, 2.45) is 0 Å². The van der Waals surface area contributed by atoms with Crippen LogP contribution in [-0.2, 0) is 16.2 Å². The Labute approximate surface area is 136 Å². The molecule has 10 heteroatoms. The minimum absolute atomic E-state index is 0.113. The highest BCUT2D eigenvalue weighted by molar-refractivity contribution is 9.10. The van der Waals surface area contributed by atoms with E-state index in [1.807, 2.05) is 4.72 Å². The minimum atomic E-state index is -4.75. The smallest absolute Gasteiger partial charge is 0.279 e. The molecular weight excluding hydrogens is 409 g/mol. The van der Waals surface area contributed by atoms with Gasteiger partial charge in [0.05, 0.1) is 16.1 Å². The normalized spacial score (nSPS) is 12.3. The van der Waals surface area contributed by atoms with Crippen LogP contribution in [0.15, 0.2) is 45.8 Å². The number of benzene rings is 2. The molecule has 0 aliphatic carbocycles. The Balaban J connectivity index is 2.45. The first-order valence-electron chi connectivity index (χ1n) is 5.84. The third-order valence-corrected chi connectivity index (χ3v) is 4.44. The van der Waals surface area contributed by atoms with Crippen LogP contribution < -0.4 is 4.72 Å². The van der Waals surface area contributed by atoms with Gasteiger partial charge in [0, 0.05) is 10.5 Å². The molecule has 0 fully saturated rings. The van der Waals surface area contributed by atoms with Gasteiger partial charge in [0.15, 0.2) is 0 Å². The van der Waals surface area contributed by atoms with E-state index in [9.17, 15) is 30.4 Å². The molecule has 0 bridgehead atoms. The van der Waals surface area contributed by atoms with Crippen molar-refractivity contribution in [1.82, 2.24) is 0 Å². The van der Waals surface area contributed by atoms with E-state index >= 15 is 0 Å². The number of hydrogen-bond acceptors (Lipinski definition) is 2.